The van der Waals surface area contributed by atoms with Crippen molar-refractivity contribution in [1.82, 2.24) is 0 Å². The Balaban J connectivity index is 1.95. The molecule has 0 amide bonds. The summed E-state index contributed by atoms with van der Waals surface area (Å²) in [5.41, 5.74) is 0.856. The molecule has 0 saturated carbocycles. The van der Waals surface area contributed by atoms with E-state index in [0.717, 1.165) is 5.69 Å². The summed E-state index contributed by atoms with van der Waals surface area (Å²) in [5.74, 6) is -0.201. The lowest BCUT2D eigenvalue weighted by molar-refractivity contribution is -0.135. The van der Waals surface area contributed by atoms with Crippen LogP contribution in [0.25, 0.3) is 0 Å². The molecule has 0 aliphatic rings. The molecule has 5 heteroatoms. The van der Waals surface area contributed by atoms with Gasteiger partial charge in [-0.3, -0.25) is 4.79 Å². The molecule has 2 rings (SSSR count). The van der Waals surface area contributed by atoms with E-state index in [4.69, 9.17) is 21.4 Å². The maximum atomic E-state index is 11.0. The molecule has 0 heterocycles. The number of rotatable bonds is 7. The van der Waals surface area contributed by atoms with E-state index in [1.807, 2.05) is 42.5 Å². The predicted molar refractivity (Wildman–Crippen MR) is 83.2 cm³/mol. The highest BCUT2D eigenvalue weighted by atomic mass is 35.5. The zero-order valence-electron chi connectivity index (χ0n) is 11.4. The third-order valence-electron chi connectivity index (χ3n) is 2.87. The molecule has 0 saturated heterocycles. The highest BCUT2D eigenvalue weighted by molar-refractivity contribution is 6.30. The molecule has 0 spiro atoms. The summed E-state index contributed by atoms with van der Waals surface area (Å²) in [4.78, 5) is 12.7. The van der Waals surface area contributed by atoms with E-state index >= 15 is 0 Å². The van der Waals surface area contributed by atoms with Gasteiger partial charge in [-0.1, -0.05) is 35.9 Å². The average Bonchev–Trinajstić information content (AvgIpc) is 2.47. The van der Waals surface area contributed by atoms with E-state index in [-0.39, 0.29) is 6.54 Å². The van der Waals surface area contributed by atoms with Gasteiger partial charge in [-0.25, -0.2) is 0 Å². The molecule has 0 unspecified atom stereocenters. The number of carbonyl (C=O) groups is 1. The Morgan fingerprint density at radius 3 is 2.57 bits per heavy atom. The molecule has 21 heavy (non-hydrogen) atoms. The molecule has 1 N–H and O–H groups in total. The predicted octanol–water partition coefficient (Wildman–Crippen LogP) is 3.31. The summed E-state index contributed by atoms with van der Waals surface area (Å²) >= 11 is 5.88. The number of halogens is 1. The number of aliphatic carboxylic acids is 1. The molecule has 110 valence electrons. The van der Waals surface area contributed by atoms with Gasteiger partial charge in [0.05, 0.1) is 6.54 Å². The first-order valence-electron chi connectivity index (χ1n) is 6.55. The Kier molecular flexibility index (Phi) is 5.46. The van der Waals surface area contributed by atoms with Crippen molar-refractivity contribution in [3.05, 3.63) is 59.6 Å². The molecule has 0 aromatic heterocycles. The van der Waals surface area contributed by atoms with Gasteiger partial charge in [-0.2, -0.15) is 0 Å². The first-order chi connectivity index (χ1) is 10.1. The quantitative estimate of drug-likeness (QED) is 0.852. The number of carboxylic acids is 1. The van der Waals surface area contributed by atoms with Crippen LogP contribution in [-0.2, 0) is 4.79 Å². The van der Waals surface area contributed by atoms with Crippen LogP contribution in [0.4, 0.5) is 5.69 Å². The Hall–Kier alpha value is -2.20. The Bertz CT molecular complexity index is 589. The Morgan fingerprint density at radius 1 is 1.14 bits per heavy atom. The minimum absolute atomic E-state index is 0.0665. The van der Waals surface area contributed by atoms with Crippen LogP contribution in [0.5, 0.6) is 5.75 Å². The Morgan fingerprint density at radius 2 is 1.90 bits per heavy atom. The first-order valence-corrected chi connectivity index (χ1v) is 6.93. The number of para-hydroxylation sites is 1. The summed E-state index contributed by atoms with van der Waals surface area (Å²) in [6.45, 7) is 0.786. The smallest absolute Gasteiger partial charge is 0.323 e. The van der Waals surface area contributed by atoms with Crippen LogP contribution in [0.2, 0.25) is 5.02 Å². The molecule has 0 atom stereocenters. The van der Waals surface area contributed by atoms with Crippen LogP contribution in [0.1, 0.15) is 0 Å². The zero-order chi connectivity index (χ0) is 15.1. The van der Waals surface area contributed by atoms with Gasteiger partial charge in [-0.15, -0.1) is 0 Å². The third kappa shape index (κ3) is 5.00. The lowest BCUT2D eigenvalue weighted by Gasteiger charge is -2.22. The van der Waals surface area contributed by atoms with Crippen molar-refractivity contribution in [1.29, 1.82) is 0 Å². The maximum Gasteiger partial charge on any atom is 0.323 e. The summed E-state index contributed by atoms with van der Waals surface area (Å²) < 4.78 is 5.60. The first kappa shape index (κ1) is 15.2. The van der Waals surface area contributed by atoms with Crippen molar-refractivity contribution in [2.75, 3.05) is 24.6 Å². The zero-order valence-corrected chi connectivity index (χ0v) is 12.2. The number of ether oxygens (including phenoxy) is 1. The van der Waals surface area contributed by atoms with Gasteiger partial charge >= 0.3 is 5.97 Å². The van der Waals surface area contributed by atoms with Crippen LogP contribution >= 0.6 is 11.6 Å². The number of hydrogen-bond acceptors (Lipinski definition) is 3. The second-order valence-electron chi connectivity index (χ2n) is 4.46. The number of hydrogen-bond donors (Lipinski definition) is 1. The van der Waals surface area contributed by atoms with Crippen molar-refractivity contribution in [3.63, 3.8) is 0 Å². The largest absolute Gasteiger partial charge is 0.492 e. The summed E-state index contributed by atoms with van der Waals surface area (Å²) in [6.07, 6.45) is 0. The number of nitrogens with zero attached hydrogens (tertiary/aromatic N) is 1. The van der Waals surface area contributed by atoms with Gasteiger partial charge in [0.25, 0.3) is 0 Å². The van der Waals surface area contributed by atoms with Crippen LogP contribution in [0.3, 0.4) is 0 Å². The second kappa shape index (κ2) is 7.55. The van der Waals surface area contributed by atoms with E-state index in [2.05, 4.69) is 0 Å². The van der Waals surface area contributed by atoms with Gasteiger partial charge in [0, 0.05) is 10.7 Å². The SMILES string of the molecule is O=C(O)CN(CCOc1cccc(Cl)c1)c1ccccc1. The molecule has 0 radical (unpaired) electrons. The van der Waals surface area contributed by atoms with Gasteiger partial charge < -0.3 is 14.7 Å². The number of carboxylic acid groups (broad SMARTS) is 1. The van der Waals surface area contributed by atoms with Crippen molar-refractivity contribution >= 4 is 23.3 Å². The molecular weight excluding hydrogens is 290 g/mol. The molecule has 0 bridgehead atoms. The molecule has 0 fully saturated rings. The second-order valence-corrected chi connectivity index (χ2v) is 4.89. The fourth-order valence-electron chi connectivity index (χ4n) is 1.93. The van der Waals surface area contributed by atoms with Crippen LogP contribution < -0.4 is 9.64 Å². The van der Waals surface area contributed by atoms with Crippen molar-refractivity contribution in [2.24, 2.45) is 0 Å². The number of benzene rings is 2. The molecule has 2 aromatic carbocycles. The van der Waals surface area contributed by atoms with E-state index in [9.17, 15) is 4.79 Å². The average molecular weight is 306 g/mol. The lowest BCUT2D eigenvalue weighted by Crippen LogP contribution is -2.33. The van der Waals surface area contributed by atoms with E-state index in [1.165, 1.54) is 0 Å². The maximum absolute atomic E-state index is 11.0. The van der Waals surface area contributed by atoms with Crippen LogP contribution in [-0.4, -0.2) is 30.8 Å². The normalized spacial score (nSPS) is 10.1. The standard InChI is InChI=1S/C16H16ClNO3/c17-13-5-4-8-15(11-13)21-10-9-18(12-16(19)20)14-6-2-1-3-7-14/h1-8,11H,9-10,12H2,(H,19,20). The molecule has 2 aromatic rings. The molecule has 4 nitrogen and oxygen atoms in total. The molecule has 0 aliphatic carbocycles. The fraction of sp³-hybridized carbons (Fsp3) is 0.188. The minimum atomic E-state index is -0.874. The monoisotopic (exact) mass is 305 g/mol. The fourth-order valence-corrected chi connectivity index (χ4v) is 2.11. The van der Waals surface area contributed by atoms with E-state index in [1.54, 1.807) is 17.0 Å². The highest BCUT2D eigenvalue weighted by Crippen LogP contribution is 2.17. The van der Waals surface area contributed by atoms with Gasteiger partial charge in [0.15, 0.2) is 0 Å². The highest BCUT2D eigenvalue weighted by Gasteiger charge is 2.10. The third-order valence-corrected chi connectivity index (χ3v) is 3.11. The van der Waals surface area contributed by atoms with Crippen LogP contribution in [0.15, 0.2) is 54.6 Å². The summed E-state index contributed by atoms with van der Waals surface area (Å²) in [7, 11) is 0. The van der Waals surface area contributed by atoms with Crippen LogP contribution in [0, 0.1) is 0 Å². The Labute approximate surface area is 128 Å². The lowest BCUT2D eigenvalue weighted by atomic mass is 10.3. The summed E-state index contributed by atoms with van der Waals surface area (Å²) in [6, 6.07) is 16.5. The van der Waals surface area contributed by atoms with Gasteiger partial charge in [-0.05, 0) is 30.3 Å². The van der Waals surface area contributed by atoms with E-state index < -0.39 is 5.97 Å². The van der Waals surface area contributed by atoms with Gasteiger partial charge in [0.1, 0.15) is 18.9 Å². The molecule has 0 aliphatic heterocycles. The van der Waals surface area contributed by atoms with Crippen molar-refractivity contribution < 1.29 is 14.6 Å². The van der Waals surface area contributed by atoms with E-state index in [0.29, 0.717) is 23.9 Å². The van der Waals surface area contributed by atoms with Crippen molar-refractivity contribution in [3.8, 4) is 5.75 Å². The minimum Gasteiger partial charge on any atom is -0.492 e. The number of anilines is 1. The topological polar surface area (TPSA) is 49.8 Å². The molecular formula is C16H16ClNO3. The summed E-state index contributed by atoms with van der Waals surface area (Å²) in [5, 5.41) is 9.61. The van der Waals surface area contributed by atoms with Gasteiger partial charge in [0.2, 0.25) is 0 Å². The van der Waals surface area contributed by atoms with Crippen molar-refractivity contribution in [2.45, 2.75) is 0 Å².